The lowest BCUT2D eigenvalue weighted by Crippen LogP contribution is -2.26. The Bertz CT molecular complexity index is 888. The Kier molecular flexibility index (Phi) is 3.74. The average molecular weight is 336 g/mol. The summed E-state index contributed by atoms with van der Waals surface area (Å²) in [5.41, 5.74) is 8.77. The Hall–Kier alpha value is -2.73. The maximum absolute atomic E-state index is 5.26. The van der Waals surface area contributed by atoms with Gasteiger partial charge in [0.15, 0.2) is 11.6 Å². The van der Waals surface area contributed by atoms with Gasteiger partial charge in [0.25, 0.3) is 0 Å². The molecule has 3 heterocycles. The van der Waals surface area contributed by atoms with Crippen molar-refractivity contribution in [2.24, 2.45) is 0 Å². The molecule has 0 unspecified atom stereocenters. The summed E-state index contributed by atoms with van der Waals surface area (Å²) >= 11 is 1.59. The van der Waals surface area contributed by atoms with Crippen LogP contribution in [0.2, 0.25) is 0 Å². The molecule has 0 amide bonds. The van der Waals surface area contributed by atoms with Crippen LogP contribution in [0.5, 0.6) is 0 Å². The van der Waals surface area contributed by atoms with Gasteiger partial charge in [0, 0.05) is 46.4 Å². The number of anilines is 1. The van der Waals surface area contributed by atoms with Crippen LogP contribution >= 0.6 is 11.9 Å². The number of benzene rings is 1. The van der Waals surface area contributed by atoms with Gasteiger partial charge in [-0.3, -0.25) is 5.43 Å². The molecule has 5 nitrogen and oxygen atoms in total. The molecule has 0 spiro atoms. The lowest BCUT2D eigenvalue weighted by molar-refractivity contribution is 0.432. The van der Waals surface area contributed by atoms with E-state index in [0.29, 0.717) is 0 Å². The number of allylic oxidation sites excluding steroid dienone is 1. The van der Waals surface area contributed by atoms with Crippen LogP contribution in [-0.4, -0.2) is 10.1 Å². The van der Waals surface area contributed by atoms with Crippen molar-refractivity contribution in [1.82, 2.24) is 15.6 Å². The third kappa shape index (κ3) is 2.76. The Morgan fingerprint density at radius 3 is 2.62 bits per heavy atom. The molecule has 1 aliphatic heterocycles. The largest absolute Gasteiger partial charge is 0.356 e. The summed E-state index contributed by atoms with van der Waals surface area (Å²) < 4.78 is 7.20. The van der Waals surface area contributed by atoms with Crippen molar-refractivity contribution in [1.29, 1.82) is 0 Å². The second-order valence-corrected chi connectivity index (χ2v) is 6.44. The lowest BCUT2D eigenvalue weighted by atomic mass is 9.98. The average Bonchev–Trinajstić information content (AvgIpc) is 3.27. The fraction of sp³-hybridized carbons (Fsp3) is 0.111. The van der Waals surface area contributed by atoms with E-state index in [2.05, 4.69) is 46.1 Å². The monoisotopic (exact) mass is 336 g/mol. The van der Waals surface area contributed by atoms with Crippen LogP contribution in [-0.2, 0) is 0 Å². The van der Waals surface area contributed by atoms with Crippen LogP contribution in [0.25, 0.3) is 22.5 Å². The first-order valence-corrected chi connectivity index (χ1v) is 8.43. The van der Waals surface area contributed by atoms with Gasteiger partial charge in [0.05, 0.1) is 6.20 Å². The van der Waals surface area contributed by atoms with Gasteiger partial charge in [-0.15, -0.1) is 0 Å². The molecule has 0 atom stereocenters. The third-order valence-corrected chi connectivity index (χ3v) is 4.79. The van der Waals surface area contributed by atoms with E-state index in [1.165, 1.54) is 5.56 Å². The van der Waals surface area contributed by atoms with Gasteiger partial charge in [-0.1, -0.05) is 17.3 Å². The molecule has 1 aliphatic rings. The first kappa shape index (κ1) is 14.8. The van der Waals surface area contributed by atoms with Crippen LogP contribution in [0.3, 0.4) is 0 Å². The zero-order valence-corrected chi connectivity index (χ0v) is 14.2. The highest BCUT2D eigenvalue weighted by Gasteiger charge is 2.14. The molecule has 2 aromatic heterocycles. The Balaban J connectivity index is 1.65. The van der Waals surface area contributed by atoms with Gasteiger partial charge >= 0.3 is 0 Å². The number of hydrogen-bond acceptors (Lipinski definition) is 6. The van der Waals surface area contributed by atoms with Crippen molar-refractivity contribution in [2.75, 3.05) is 4.41 Å². The Morgan fingerprint density at radius 1 is 1.08 bits per heavy atom. The fourth-order valence-corrected chi connectivity index (χ4v) is 3.30. The van der Waals surface area contributed by atoms with E-state index in [9.17, 15) is 0 Å². The van der Waals surface area contributed by atoms with E-state index < -0.39 is 0 Å². The highest BCUT2D eigenvalue weighted by Crippen LogP contribution is 2.31. The number of nitrogens with zero attached hydrogens (tertiary/aromatic N) is 3. The highest BCUT2D eigenvalue weighted by molar-refractivity contribution is 8.03. The minimum Gasteiger partial charge on any atom is -0.356 e. The Morgan fingerprint density at radius 2 is 1.96 bits per heavy atom. The topological polar surface area (TPSA) is 54.2 Å². The fourth-order valence-electron chi connectivity index (χ4n) is 2.57. The van der Waals surface area contributed by atoms with E-state index in [-0.39, 0.29) is 0 Å². The molecule has 24 heavy (non-hydrogen) atoms. The standard InChI is InChI=1S/C18H16N4OS/c1-12-3-4-14(17-7-8-20-23-17)9-16(12)15-5-6-18(19-10-15)22-21-13(2)11-24-22/h3-11,21H,1-2H3. The molecule has 4 rings (SSSR count). The van der Waals surface area contributed by atoms with E-state index in [4.69, 9.17) is 4.52 Å². The maximum atomic E-state index is 5.26. The number of hydrazine groups is 1. The number of aromatic nitrogens is 2. The normalized spacial score (nSPS) is 13.8. The summed E-state index contributed by atoms with van der Waals surface area (Å²) in [6, 6.07) is 12.2. The minimum absolute atomic E-state index is 0.764. The second kappa shape index (κ2) is 6.05. The van der Waals surface area contributed by atoms with Gasteiger partial charge in [-0.2, -0.15) is 0 Å². The predicted molar refractivity (Wildman–Crippen MR) is 96.9 cm³/mol. The van der Waals surface area contributed by atoms with Gasteiger partial charge in [0.1, 0.15) is 0 Å². The van der Waals surface area contributed by atoms with Gasteiger partial charge in [-0.05, 0) is 43.2 Å². The van der Waals surface area contributed by atoms with Crippen molar-refractivity contribution >= 4 is 17.8 Å². The van der Waals surface area contributed by atoms with E-state index in [1.807, 2.05) is 35.7 Å². The zero-order valence-electron chi connectivity index (χ0n) is 13.4. The molecule has 6 heteroatoms. The molecule has 0 radical (unpaired) electrons. The maximum Gasteiger partial charge on any atom is 0.166 e. The first-order chi connectivity index (χ1) is 11.7. The van der Waals surface area contributed by atoms with Crippen molar-refractivity contribution < 1.29 is 4.52 Å². The summed E-state index contributed by atoms with van der Waals surface area (Å²) in [4.78, 5) is 4.58. The quantitative estimate of drug-likeness (QED) is 0.708. The van der Waals surface area contributed by atoms with Crippen LogP contribution in [0.1, 0.15) is 12.5 Å². The predicted octanol–water partition coefficient (Wildman–Crippen LogP) is 4.55. The second-order valence-electron chi connectivity index (χ2n) is 5.62. The van der Waals surface area contributed by atoms with E-state index in [0.717, 1.165) is 34.0 Å². The number of rotatable bonds is 3. The summed E-state index contributed by atoms with van der Waals surface area (Å²) in [7, 11) is 0. The summed E-state index contributed by atoms with van der Waals surface area (Å²) in [6.07, 6.45) is 3.56. The first-order valence-electron chi connectivity index (χ1n) is 7.59. The van der Waals surface area contributed by atoms with Crippen LogP contribution in [0, 0.1) is 6.92 Å². The summed E-state index contributed by atoms with van der Waals surface area (Å²) in [5.74, 6) is 1.64. The molecule has 120 valence electrons. The molecular formula is C18H16N4OS. The van der Waals surface area contributed by atoms with Crippen molar-refractivity contribution in [2.45, 2.75) is 13.8 Å². The molecule has 0 aliphatic carbocycles. The van der Waals surface area contributed by atoms with Crippen LogP contribution < -0.4 is 9.84 Å². The molecule has 1 aromatic carbocycles. The van der Waals surface area contributed by atoms with Crippen LogP contribution in [0.15, 0.2) is 64.4 Å². The van der Waals surface area contributed by atoms with Gasteiger partial charge in [-0.25, -0.2) is 9.40 Å². The number of hydrogen-bond donors (Lipinski definition) is 1. The van der Waals surface area contributed by atoms with Crippen molar-refractivity contribution in [3.8, 4) is 22.5 Å². The van der Waals surface area contributed by atoms with Crippen LogP contribution in [0.4, 0.5) is 5.82 Å². The highest BCUT2D eigenvalue weighted by atomic mass is 32.2. The molecule has 0 bridgehead atoms. The number of pyridine rings is 1. The van der Waals surface area contributed by atoms with E-state index >= 15 is 0 Å². The van der Waals surface area contributed by atoms with E-state index in [1.54, 1.807) is 18.1 Å². The summed E-state index contributed by atoms with van der Waals surface area (Å²) in [6.45, 7) is 4.12. The SMILES string of the molecule is CC1=CSN(c2ccc(-c3cc(-c4ccno4)ccc3C)cn2)N1. The minimum atomic E-state index is 0.764. The number of nitrogens with one attached hydrogen (secondary N) is 1. The summed E-state index contributed by atoms with van der Waals surface area (Å²) in [5, 5.41) is 5.83. The Labute approximate surface area is 144 Å². The number of aryl methyl sites for hydroxylation is 1. The molecule has 1 N–H and O–H groups in total. The molecule has 0 fully saturated rings. The third-order valence-electron chi connectivity index (χ3n) is 3.84. The van der Waals surface area contributed by atoms with Crippen molar-refractivity contribution in [3.05, 3.63) is 65.5 Å². The zero-order chi connectivity index (χ0) is 16.5. The molecule has 0 saturated carbocycles. The molecule has 3 aromatic rings. The molecule has 0 saturated heterocycles. The van der Waals surface area contributed by atoms with Gasteiger partial charge in [0.2, 0.25) is 0 Å². The molecular weight excluding hydrogens is 320 g/mol. The van der Waals surface area contributed by atoms with Crippen molar-refractivity contribution in [3.63, 3.8) is 0 Å². The van der Waals surface area contributed by atoms with Gasteiger partial charge < -0.3 is 4.52 Å². The smallest absolute Gasteiger partial charge is 0.166 e. The lowest BCUT2D eigenvalue weighted by Gasteiger charge is -2.17.